The summed E-state index contributed by atoms with van der Waals surface area (Å²) in [4.78, 5) is 0. The second-order valence-corrected chi connectivity index (χ2v) is 13.8. The van der Waals surface area contributed by atoms with Gasteiger partial charge in [0.05, 0.1) is 26.4 Å². The zero-order chi connectivity index (χ0) is 27.7. The van der Waals surface area contributed by atoms with Crippen molar-refractivity contribution in [1.29, 1.82) is 0 Å². The van der Waals surface area contributed by atoms with Crippen LogP contribution in [-0.2, 0) is 29.8 Å². The van der Waals surface area contributed by atoms with Gasteiger partial charge in [-0.15, -0.1) is 0 Å². The molecule has 2 aromatic carbocycles. The second-order valence-electron chi connectivity index (χ2n) is 13.8. The van der Waals surface area contributed by atoms with Gasteiger partial charge in [0, 0.05) is 40.5 Å². The molecule has 8 heteroatoms. The maximum Gasteiger partial charge on any atom is 0.202 e. The molecule has 0 spiro atoms. The van der Waals surface area contributed by atoms with E-state index in [1.165, 1.54) is 43.2 Å². The van der Waals surface area contributed by atoms with E-state index < -0.39 is 0 Å². The molecule has 4 heterocycles. The molecule has 4 bridgehead atoms. The predicted octanol–water partition coefficient (Wildman–Crippen LogP) is 4.93. The van der Waals surface area contributed by atoms with Crippen molar-refractivity contribution in [2.24, 2.45) is 11.8 Å². The van der Waals surface area contributed by atoms with E-state index in [0.717, 1.165) is 62.3 Å². The molecule has 8 fully saturated rings. The Labute approximate surface area is 246 Å². The highest BCUT2D eigenvalue weighted by Crippen LogP contribution is 2.68. The van der Waals surface area contributed by atoms with Crippen LogP contribution in [-0.4, -0.2) is 70.9 Å². The average Bonchev–Trinajstić information content (AvgIpc) is 3.81. The van der Waals surface area contributed by atoms with Crippen LogP contribution in [0.25, 0.3) is 0 Å². The molecule has 2 aromatic rings. The van der Waals surface area contributed by atoms with Crippen LogP contribution in [0.4, 0.5) is 0 Å². The van der Waals surface area contributed by atoms with Crippen molar-refractivity contribution in [3.05, 3.63) is 47.5 Å². The number of epoxide rings is 3. The molecule has 0 N–H and O–H groups in total. The molecule has 0 aromatic heterocycles. The van der Waals surface area contributed by atoms with E-state index in [1.807, 2.05) is 0 Å². The highest BCUT2D eigenvalue weighted by atomic mass is 16.7. The fourth-order valence-corrected chi connectivity index (χ4v) is 8.67. The van der Waals surface area contributed by atoms with E-state index in [4.69, 9.17) is 37.9 Å². The summed E-state index contributed by atoms with van der Waals surface area (Å²) in [5.41, 5.74) is 2.77. The molecule has 4 saturated heterocycles. The lowest BCUT2D eigenvalue weighted by molar-refractivity contribution is -0.166. The number of ether oxygens (including phenoxy) is 8. The summed E-state index contributed by atoms with van der Waals surface area (Å²) in [6.45, 7) is 4.87. The third kappa shape index (κ3) is 5.04. The monoisotopic (exact) mass is 576 g/mol. The van der Waals surface area contributed by atoms with Gasteiger partial charge in [0.2, 0.25) is 6.29 Å². The Hall–Kier alpha value is -2.52. The first-order valence-electron chi connectivity index (χ1n) is 15.9. The van der Waals surface area contributed by atoms with Crippen LogP contribution in [0.15, 0.2) is 36.4 Å². The van der Waals surface area contributed by atoms with Gasteiger partial charge in [0.15, 0.2) is 0 Å². The first kappa shape index (κ1) is 25.9. The van der Waals surface area contributed by atoms with Crippen LogP contribution >= 0.6 is 0 Å². The van der Waals surface area contributed by atoms with Crippen LogP contribution in [0.2, 0.25) is 0 Å². The molecule has 42 heavy (non-hydrogen) atoms. The van der Waals surface area contributed by atoms with E-state index in [9.17, 15) is 0 Å². The van der Waals surface area contributed by atoms with Crippen LogP contribution in [0.3, 0.4) is 0 Å². The third-order valence-corrected chi connectivity index (χ3v) is 10.5. The summed E-state index contributed by atoms with van der Waals surface area (Å²) in [7, 11) is 0. The summed E-state index contributed by atoms with van der Waals surface area (Å²) in [5.74, 6) is 4.95. The van der Waals surface area contributed by atoms with Gasteiger partial charge in [0.25, 0.3) is 0 Å². The molecule has 4 aliphatic carbocycles. The van der Waals surface area contributed by atoms with Gasteiger partial charge in [0.1, 0.15) is 61.1 Å². The maximum atomic E-state index is 6.54. The number of benzene rings is 2. The van der Waals surface area contributed by atoms with Gasteiger partial charge < -0.3 is 37.9 Å². The van der Waals surface area contributed by atoms with Gasteiger partial charge in [-0.1, -0.05) is 12.1 Å². The van der Waals surface area contributed by atoms with Gasteiger partial charge in [-0.05, 0) is 62.5 Å². The third-order valence-electron chi connectivity index (χ3n) is 10.5. The van der Waals surface area contributed by atoms with Gasteiger partial charge >= 0.3 is 0 Å². The zero-order valence-corrected chi connectivity index (χ0v) is 24.1. The highest BCUT2D eigenvalue weighted by molar-refractivity contribution is 5.51. The Morgan fingerprint density at radius 1 is 0.643 bits per heavy atom. The lowest BCUT2D eigenvalue weighted by Gasteiger charge is -2.63. The van der Waals surface area contributed by atoms with Crippen LogP contribution in [0.1, 0.15) is 56.1 Å². The molecule has 0 radical (unpaired) electrons. The fourth-order valence-electron chi connectivity index (χ4n) is 8.67. The van der Waals surface area contributed by atoms with Crippen molar-refractivity contribution in [3.8, 4) is 23.0 Å². The van der Waals surface area contributed by atoms with E-state index in [0.29, 0.717) is 31.7 Å². The normalized spacial score (nSPS) is 38.5. The number of hydrogen-bond donors (Lipinski definition) is 0. The summed E-state index contributed by atoms with van der Waals surface area (Å²) in [6, 6.07) is 13.1. The molecule has 4 aliphatic heterocycles. The van der Waals surface area contributed by atoms with Crippen LogP contribution in [0.5, 0.6) is 23.0 Å². The standard InChI is InChI=1S/C34H40O8/c1-3-28(30(41-19-27-18-40-27)8-23(1)36-14-25-16-38-25)33-10-21-7-22(11-33)13-34(12-21,20-33)29-4-2-24(37-15-26-17-39-26)9-31(29)42-32-5-6-35-32/h1-4,8-9,21-22,25-27,32H,5-7,10-20H2. The molecule has 224 valence electrons. The Kier molecular flexibility index (Phi) is 6.18. The molecule has 0 amide bonds. The summed E-state index contributed by atoms with van der Waals surface area (Å²) in [6.07, 6.45) is 8.64. The maximum absolute atomic E-state index is 6.54. The summed E-state index contributed by atoms with van der Waals surface area (Å²) >= 11 is 0. The van der Waals surface area contributed by atoms with Crippen molar-refractivity contribution in [2.75, 3.05) is 46.2 Å². The topological polar surface area (TPSA) is 83.7 Å². The molecule has 6 atom stereocenters. The van der Waals surface area contributed by atoms with Crippen LogP contribution in [0, 0.1) is 11.8 Å². The molecule has 4 saturated carbocycles. The molecule has 8 aliphatic rings. The van der Waals surface area contributed by atoms with Crippen molar-refractivity contribution < 1.29 is 37.9 Å². The average molecular weight is 577 g/mol. The fraction of sp³-hybridized carbons (Fsp3) is 0.647. The largest absolute Gasteiger partial charge is 0.491 e. The molecule has 10 rings (SSSR count). The highest BCUT2D eigenvalue weighted by Gasteiger charge is 2.60. The van der Waals surface area contributed by atoms with E-state index in [2.05, 4.69) is 36.4 Å². The number of hydrogen-bond acceptors (Lipinski definition) is 8. The van der Waals surface area contributed by atoms with E-state index in [-0.39, 0.29) is 35.4 Å². The lowest BCUT2D eigenvalue weighted by atomic mass is 9.41. The minimum atomic E-state index is -0.174. The Morgan fingerprint density at radius 3 is 1.64 bits per heavy atom. The molecular weight excluding hydrogens is 536 g/mol. The first-order valence-corrected chi connectivity index (χ1v) is 15.9. The van der Waals surface area contributed by atoms with Gasteiger partial charge in [-0.2, -0.15) is 0 Å². The quantitative estimate of drug-likeness (QED) is 0.311. The summed E-state index contributed by atoms with van der Waals surface area (Å²) in [5, 5.41) is 0. The van der Waals surface area contributed by atoms with Crippen molar-refractivity contribution >= 4 is 0 Å². The van der Waals surface area contributed by atoms with Gasteiger partial charge in [-0.3, -0.25) is 0 Å². The van der Waals surface area contributed by atoms with Crippen molar-refractivity contribution in [1.82, 2.24) is 0 Å². The molecule has 6 unspecified atom stereocenters. The van der Waals surface area contributed by atoms with Crippen molar-refractivity contribution in [2.45, 2.75) is 80.4 Å². The molecular formula is C34H40O8. The van der Waals surface area contributed by atoms with Crippen LogP contribution < -0.4 is 18.9 Å². The second kappa shape index (κ2) is 10.0. The van der Waals surface area contributed by atoms with Crippen molar-refractivity contribution in [3.63, 3.8) is 0 Å². The van der Waals surface area contributed by atoms with Gasteiger partial charge in [-0.25, -0.2) is 0 Å². The Morgan fingerprint density at radius 2 is 1.14 bits per heavy atom. The minimum Gasteiger partial charge on any atom is -0.491 e. The smallest absolute Gasteiger partial charge is 0.202 e. The molecule has 8 nitrogen and oxygen atoms in total. The SMILES string of the molecule is c1cc(C23CC4CC(C2)CC(c2ccc(OCC5CO5)cc2OC2CCO2)(C4)C3)c(OCC2CO2)cc1OCC1CO1. The van der Waals surface area contributed by atoms with E-state index in [1.54, 1.807) is 0 Å². The lowest BCUT2D eigenvalue weighted by Crippen LogP contribution is -2.56. The predicted molar refractivity (Wildman–Crippen MR) is 152 cm³/mol. The summed E-state index contributed by atoms with van der Waals surface area (Å²) < 4.78 is 47.2. The Bertz CT molecular complexity index is 1310. The Balaban J connectivity index is 1.06. The van der Waals surface area contributed by atoms with E-state index >= 15 is 0 Å². The number of rotatable bonds is 13. The minimum absolute atomic E-state index is 0.0522. The first-order chi connectivity index (χ1) is 20.6. The zero-order valence-electron chi connectivity index (χ0n) is 24.1.